The average Bonchev–Trinajstić information content (AvgIpc) is 3.68. The number of anilines is 1. The van der Waals surface area contributed by atoms with Crippen molar-refractivity contribution in [2.45, 2.75) is 52.5 Å². The van der Waals surface area contributed by atoms with Crippen molar-refractivity contribution in [1.29, 1.82) is 0 Å². The molecule has 0 aliphatic carbocycles. The van der Waals surface area contributed by atoms with Crippen LogP contribution in [0.2, 0.25) is 0 Å². The summed E-state index contributed by atoms with van der Waals surface area (Å²) in [5.41, 5.74) is 1.95. The van der Waals surface area contributed by atoms with E-state index < -0.39 is 24.2 Å². The minimum absolute atomic E-state index is 0.0406. The van der Waals surface area contributed by atoms with Gasteiger partial charge in [0.05, 0.1) is 17.4 Å². The largest absolute Gasteiger partial charge is 0.457 e. The first-order valence-electron chi connectivity index (χ1n) is 16.0. The minimum Gasteiger partial charge on any atom is -0.457 e. The van der Waals surface area contributed by atoms with E-state index in [0.29, 0.717) is 30.9 Å². The van der Waals surface area contributed by atoms with E-state index >= 15 is 0 Å². The summed E-state index contributed by atoms with van der Waals surface area (Å²) in [5, 5.41) is 11.4. The van der Waals surface area contributed by atoms with Crippen LogP contribution in [0, 0.1) is 0 Å². The molecule has 6 rings (SSSR count). The number of carbonyl (C=O) groups excluding carboxylic acids is 3. The van der Waals surface area contributed by atoms with Gasteiger partial charge < -0.3 is 29.3 Å². The number of aromatic nitrogens is 5. The van der Waals surface area contributed by atoms with Gasteiger partial charge in [-0.25, -0.2) is 14.3 Å². The molecule has 266 valence electrons. The molecule has 0 radical (unpaired) electrons. The third-order valence-electron chi connectivity index (χ3n) is 7.83. The number of benzene rings is 2. The number of hydrogen-bond donors (Lipinski definition) is 1. The van der Waals surface area contributed by atoms with Gasteiger partial charge in [0.1, 0.15) is 40.7 Å². The van der Waals surface area contributed by atoms with Crippen molar-refractivity contribution < 1.29 is 37.4 Å². The van der Waals surface area contributed by atoms with E-state index in [2.05, 4.69) is 20.5 Å². The number of hydrogen-bond acceptors (Lipinski definition) is 9. The minimum atomic E-state index is -3.18. The lowest BCUT2D eigenvalue weighted by Gasteiger charge is -2.31. The predicted octanol–water partition coefficient (Wildman–Crippen LogP) is 5.62. The number of alkyl halides is 2. The lowest BCUT2D eigenvalue weighted by atomic mass is 10.00. The molecule has 16 heteroatoms. The summed E-state index contributed by atoms with van der Waals surface area (Å²) in [6.45, 7) is 2.88. The molecule has 2 aromatic carbocycles. The van der Waals surface area contributed by atoms with E-state index in [1.54, 1.807) is 37.3 Å². The first kappa shape index (κ1) is 34.8. The van der Waals surface area contributed by atoms with Gasteiger partial charge in [-0.1, -0.05) is 6.07 Å². The zero-order chi connectivity index (χ0) is 36.4. The normalized spacial score (nSPS) is 12.8. The number of likely N-dealkylation sites (N-methyl/N-ethyl adjacent to an activating group) is 1. The summed E-state index contributed by atoms with van der Waals surface area (Å²) in [6.07, 6.45) is 6.15. The van der Waals surface area contributed by atoms with Crippen molar-refractivity contribution in [2.24, 2.45) is 0 Å². The third-order valence-corrected chi connectivity index (χ3v) is 7.83. The highest BCUT2D eigenvalue weighted by Gasteiger charge is 2.27. The van der Waals surface area contributed by atoms with Crippen molar-refractivity contribution in [1.82, 2.24) is 34.2 Å². The molecule has 0 saturated carbocycles. The van der Waals surface area contributed by atoms with Gasteiger partial charge in [0, 0.05) is 45.8 Å². The van der Waals surface area contributed by atoms with Crippen LogP contribution >= 0.6 is 0 Å². The lowest BCUT2D eigenvalue weighted by molar-refractivity contribution is -0.129. The maximum Gasteiger partial charge on any atom is 0.410 e. The topological polar surface area (TPSA) is 145 Å². The Hall–Kier alpha value is -6.06. The maximum atomic E-state index is 13.7. The van der Waals surface area contributed by atoms with Crippen LogP contribution in [0.4, 0.5) is 19.3 Å². The summed E-state index contributed by atoms with van der Waals surface area (Å²) in [7, 11) is 3.16. The molecule has 5 aromatic rings. The Kier molecular flexibility index (Phi) is 9.58. The lowest BCUT2D eigenvalue weighted by Crippen LogP contribution is -2.39. The number of fused-ring (bicyclic) bond motifs is 2. The van der Waals surface area contributed by atoms with Crippen LogP contribution in [-0.4, -0.2) is 84.9 Å². The highest BCUT2D eigenvalue weighted by Crippen LogP contribution is 2.39. The molecule has 14 nitrogen and oxygen atoms in total. The summed E-state index contributed by atoms with van der Waals surface area (Å²) in [5.74, 6) is -0.457. The van der Waals surface area contributed by atoms with Crippen molar-refractivity contribution in [3.63, 3.8) is 0 Å². The number of nitrogens with one attached hydrogen (secondary N) is 1. The van der Waals surface area contributed by atoms with Gasteiger partial charge in [0.15, 0.2) is 5.65 Å². The van der Waals surface area contributed by atoms with E-state index in [1.807, 2.05) is 32.9 Å². The SMILES string of the molecule is CN(C)C(=O)Cn1cc(NC(=O)c2cnn3cccnc23)c(-c2cc(Oc3ccc4c(c3)CN(C(=O)OC(C)(C)C)CC4)ccc2OC(F)F)n1. The molecule has 0 spiro atoms. The monoisotopic (exact) mass is 702 g/mol. The Labute approximate surface area is 291 Å². The molecule has 1 aliphatic rings. The molecule has 3 aromatic heterocycles. The van der Waals surface area contributed by atoms with Gasteiger partial charge >= 0.3 is 12.7 Å². The smallest absolute Gasteiger partial charge is 0.410 e. The molecule has 0 unspecified atom stereocenters. The van der Waals surface area contributed by atoms with E-state index in [-0.39, 0.29) is 46.5 Å². The maximum absolute atomic E-state index is 13.7. The van der Waals surface area contributed by atoms with Gasteiger partial charge in [-0.15, -0.1) is 0 Å². The fraction of sp³-hybridized carbons (Fsp3) is 0.314. The Balaban J connectivity index is 1.34. The molecular weight excluding hydrogens is 666 g/mol. The van der Waals surface area contributed by atoms with Crippen molar-refractivity contribution in [3.05, 3.63) is 83.9 Å². The zero-order valence-electron chi connectivity index (χ0n) is 28.6. The Bertz CT molecular complexity index is 2110. The first-order chi connectivity index (χ1) is 24.2. The second kappa shape index (κ2) is 14.0. The number of carbonyl (C=O) groups is 3. The number of halogens is 2. The van der Waals surface area contributed by atoms with E-state index in [9.17, 15) is 23.2 Å². The Morgan fingerprint density at radius 1 is 1.06 bits per heavy atom. The van der Waals surface area contributed by atoms with Gasteiger partial charge in [-0.05, 0) is 74.7 Å². The molecule has 0 saturated heterocycles. The standard InChI is InChI=1S/C35H36F2N8O6/c1-35(2,3)51-34(48)43-14-11-21-7-8-23(15-22(21)18-43)49-24-9-10-28(50-33(36)37)25(16-24)30-27(19-44(41-30)20-29(46)42(4)5)40-32(47)26-17-39-45-13-6-12-38-31(26)45/h6-10,12-13,15-17,19,33H,11,14,18,20H2,1-5H3,(H,40,47). The average molecular weight is 703 g/mol. The molecule has 3 amide bonds. The van der Waals surface area contributed by atoms with E-state index in [4.69, 9.17) is 14.2 Å². The summed E-state index contributed by atoms with van der Waals surface area (Å²) >= 11 is 0. The summed E-state index contributed by atoms with van der Waals surface area (Å²) in [4.78, 5) is 46.1. The number of ether oxygens (including phenoxy) is 3. The zero-order valence-corrected chi connectivity index (χ0v) is 28.6. The van der Waals surface area contributed by atoms with E-state index in [0.717, 1.165) is 11.1 Å². The van der Waals surface area contributed by atoms with Crippen molar-refractivity contribution in [3.8, 4) is 28.5 Å². The number of nitrogens with zero attached hydrogens (tertiary/aromatic N) is 7. The number of amides is 3. The highest BCUT2D eigenvalue weighted by atomic mass is 19.3. The van der Waals surface area contributed by atoms with Crippen molar-refractivity contribution >= 4 is 29.2 Å². The molecule has 0 fully saturated rings. The van der Waals surface area contributed by atoms with Crippen LogP contribution in [0.1, 0.15) is 42.3 Å². The van der Waals surface area contributed by atoms with Crippen LogP contribution < -0.4 is 14.8 Å². The summed E-state index contributed by atoms with van der Waals surface area (Å²) in [6, 6.07) is 11.4. The molecule has 4 heterocycles. The highest BCUT2D eigenvalue weighted by molar-refractivity contribution is 6.09. The van der Waals surface area contributed by atoms with Crippen LogP contribution in [0.25, 0.3) is 16.9 Å². The van der Waals surface area contributed by atoms with Crippen LogP contribution in [0.15, 0.2) is 67.3 Å². The van der Waals surface area contributed by atoms with Gasteiger partial charge in [-0.3, -0.25) is 14.3 Å². The Morgan fingerprint density at radius 2 is 1.82 bits per heavy atom. The van der Waals surface area contributed by atoms with Crippen LogP contribution in [0.3, 0.4) is 0 Å². The quantitative estimate of drug-likeness (QED) is 0.207. The van der Waals surface area contributed by atoms with Crippen LogP contribution in [-0.2, 0) is 29.0 Å². The second-order valence-electron chi connectivity index (χ2n) is 13.0. The molecular formula is C35H36F2N8O6. The van der Waals surface area contributed by atoms with Crippen LogP contribution in [0.5, 0.6) is 17.2 Å². The summed E-state index contributed by atoms with van der Waals surface area (Å²) < 4.78 is 46.7. The second-order valence-corrected chi connectivity index (χ2v) is 13.0. The van der Waals surface area contributed by atoms with Crippen molar-refractivity contribution in [2.75, 3.05) is 26.0 Å². The fourth-order valence-electron chi connectivity index (χ4n) is 5.42. The third kappa shape index (κ3) is 8.06. The first-order valence-corrected chi connectivity index (χ1v) is 16.0. The molecule has 1 aliphatic heterocycles. The molecule has 1 N–H and O–H groups in total. The fourth-order valence-corrected chi connectivity index (χ4v) is 5.42. The van der Waals surface area contributed by atoms with E-state index in [1.165, 1.54) is 50.9 Å². The molecule has 0 atom stereocenters. The van der Waals surface area contributed by atoms with Gasteiger partial charge in [0.25, 0.3) is 5.91 Å². The number of rotatable bonds is 9. The molecule has 0 bridgehead atoms. The van der Waals surface area contributed by atoms with Gasteiger partial charge in [0.2, 0.25) is 5.91 Å². The molecule has 51 heavy (non-hydrogen) atoms. The Morgan fingerprint density at radius 3 is 2.57 bits per heavy atom. The van der Waals surface area contributed by atoms with Gasteiger partial charge in [-0.2, -0.15) is 19.0 Å². The predicted molar refractivity (Wildman–Crippen MR) is 181 cm³/mol.